The molecule has 6 heteroatoms. The van der Waals surface area contributed by atoms with Gasteiger partial charge in [0, 0.05) is 18.0 Å². The molecule has 0 spiro atoms. The molecule has 2 amide bonds. The van der Waals surface area contributed by atoms with Gasteiger partial charge in [0.25, 0.3) is 5.91 Å². The molecule has 2 heterocycles. The van der Waals surface area contributed by atoms with Crippen LogP contribution in [0.4, 0.5) is 5.69 Å². The van der Waals surface area contributed by atoms with Crippen LogP contribution in [0.25, 0.3) is 10.8 Å². The number of piperidine rings is 1. The number of hydrogen-bond acceptors (Lipinski definition) is 4. The van der Waals surface area contributed by atoms with Crippen LogP contribution in [-0.4, -0.2) is 48.2 Å². The Balaban J connectivity index is 1.32. The summed E-state index contributed by atoms with van der Waals surface area (Å²) in [5, 5.41) is 2.35. The Morgan fingerprint density at radius 2 is 1.66 bits per heavy atom. The molecule has 0 unspecified atom stereocenters. The van der Waals surface area contributed by atoms with Crippen molar-refractivity contribution < 1.29 is 14.3 Å². The van der Waals surface area contributed by atoms with Crippen molar-refractivity contribution >= 4 is 40.0 Å². The molecule has 2 aliphatic heterocycles. The molecule has 5 rings (SSSR count). The molecule has 0 aliphatic carbocycles. The maximum Gasteiger partial charge on any atom is 0.265 e. The van der Waals surface area contributed by atoms with E-state index < -0.39 is 6.10 Å². The van der Waals surface area contributed by atoms with Gasteiger partial charge in [0.05, 0.1) is 18.0 Å². The van der Waals surface area contributed by atoms with Gasteiger partial charge in [-0.3, -0.25) is 9.59 Å². The van der Waals surface area contributed by atoms with Gasteiger partial charge in [-0.25, -0.2) is 0 Å². The maximum atomic E-state index is 13.3. The number of amides is 2. The summed E-state index contributed by atoms with van der Waals surface area (Å²) in [6.07, 6.45) is 2.56. The zero-order valence-electron chi connectivity index (χ0n) is 17.9. The number of ether oxygens (including phenoxy) is 1. The van der Waals surface area contributed by atoms with Crippen molar-refractivity contribution in [3.05, 3.63) is 66.7 Å². The molecule has 0 N–H and O–H groups in total. The summed E-state index contributed by atoms with van der Waals surface area (Å²) in [6, 6.07) is 21.9. The number of benzene rings is 3. The van der Waals surface area contributed by atoms with Crippen LogP contribution in [0.2, 0.25) is 0 Å². The summed E-state index contributed by atoms with van der Waals surface area (Å²) in [5.74, 6) is 0.866. The van der Waals surface area contributed by atoms with Crippen molar-refractivity contribution in [2.75, 3.05) is 30.3 Å². The lowest BCUT2D eigenvalue weighted by molar-refractivity contribution is -0.139. The van der Waals surface area contributed by atoms with Crippen LogP contribution < -0.4 is 9.64 Å². The molecule has 164 valence electrons. The predicted octanol–water partition coefficient (Wildman–Crippen LogP) is 4.74. The van der Waals surface area contributed by atoms with Crippen molar-refractivity contribution in [2.45, 2.75) is 30.3 Å². The molecule has 0 radical (unpaired) electrons. The predicted molar refractivity (Wildman–Crippen MR) is 128 cm³/mol. The highest BCUT2D eigenvalue weighted by molar-refractivity contribution is 8.00. The van der Waals surface area contributed by atoms with E-state index in [2.05, 4.69) is 30.3 Å². The first-order valence-electron chi connectivity index (χ1n) is 11.2. The van der Waals surface area contributed by atoms with Gasteiger partial charge < -0.3 is 14.5 Å². The van der Waals surface area contributed by atoms with Crippen molar-refractivity contribution in [1.82, 2.24) is 4.90 Å². The second-order valence-corrected chi connectivity index (χ2v) is 9.31. The molecular formula is C26H26N2O3S. The smallest absolute Gasteiger partial charge is 0.265 e. The number of carbonyl (C=O) groups excluding carboxylic acids is 2. The molecular weight excluding hydrogens is 420 g/mol. The Bertz CT molecular complexity index is 1140. The Labute approximate surface area is 192 Å². The quantitative estimate of drug-likeness (QED) is 0.543. The Morgan fingerprint density at radius 1 is 0.906 bits per heavy atom. The number of fused-ring (bicyclic) bond motifs is 2. The molecule has 2 aliphatic rings. The fourth-order valence-corrected chi connectivity index (χ4v) is 5.22. The van der Waals surface area contributed by atoms with E-state index >= 15 is 0 Å². The van der Waals surface area contributed by atoms with Gasteiger partial charge >= 0.3 is 0 Å². The lowest BCUT2D eigenvalue weighted by atomic mass is 10.1. The number of para-hydroxylation sites is 2. The van der Waals surface area contributed by atoms with E-state index in [1.165, 1.54) is 17.1 Å². The maximum absolute atomic E-state index is 13.3. The summed E-state index contributed by atoms with van der Waals surface area (Å²) in [7, 11) is 0. The van der Waals surface area contributed by atoms with Gasteiger partial charge in [0.15, 0.2) is 6.10 Å². The van der Waals surface area contributed by atoms with Crippen LogP contribution in [0.15, 0.2) is 71.6 Å². The summed E-state index contributed by atoms with van der Waals surface area (Å²) < 4.78 is 6.05. The number of thioether (sulfide) groups is 1. The number of anilines is 1. The van der Waals surface area contributed by atoms with Crippen molar-refractivity contribution in [3.63, 3.8) is 0 Å². The first kappa shape index (κ1) is 20.9. The van der Waals surface area contributed by atoms with E-state index in [-0.39, 0.29) is 18.4 Å². The number of rotatable bonds is 4. The number of nitrogens with zero attached hydrogens (tertiary/aromatic N) is 2. The average Bonchev–Trinajstić information content (AvgIpc) is 2.86. The van der Waals surface area contributed by atoms with Crippen molar-refractivity contribution in [2.24, 2.45) is 0 Å². The highest BCUT2D eigenvalue weighted by Crippen LogP contribution is 2.35. The van der Waals surface area contributed by atoms with Crippen molar-refractivity contribution in [1.29, 1.82) is 0 Å². The van der Waals surface area contributed by atoms with E-state index in [1.807, 2.05) is 41.3 Å². The normalized spacial score (nSPS) is 18.2. The van der Waals surface area contributed by atoms with Crippen molar-refractivity contribution in [3.8, 4) is 5.75 Å². The number of carbonyl (C=O) groups is 2. The summed E-state index contributed by atoms with van der Waals surface area (Å²) >= 11 is 1.52. The van der Waals surface area contributed by atoms with E-state index in [0.29, 0.717) is 11.5 Å². The third-order valence-corrected chi connectivity index (χ3v) is 7.08. The van der Waals surface area contributed by atoms with Gasteiger partial charge in [0.2, 0.25) is 5.91 Å². The highest BCUT2D eigenvalue weighted by Gasteiger charge is 2.36. The monoisotopic (exact) mass is 446 g/mol. The van der Waals surface area contributed by atoms with Gasteiger partial charge in [-0.05, 0) is 54.3 Å². The summed E-state index contributed by atoms with van der Waals surface area (Å²) in [4.78, 5) is 31.0. The first-order chi connectivity index (χ1) is 15.7. The first-order valence-corrected chi connectivity index (χ1v) is 12.1. The SMILES string of the molecule is O=C([C@@H]1CN(C(=O)CSc2ccc3ccccc3c2)c2ccccc2O1)N1CCCCC1. The number of likely N-dealkylation sites (tertiary alicyclic amines) is 1. The van der Waals surface area contributed by atoms with Gasteiger partial charge in [0.1, 0.15) is 5.75 Å². The minimum Gasteiger partial charge on any atom is -0.476 e. The third-order valence-electron chi connectivity index (χ3n) is 6.10. The molecule has 3 aromatic carbocycles. The van der Waals surface area contributed by atoms with Crippen LogP contribution in [-0.2, 0) is 9.59 Å². The third kappa shape index (κ3) is 4.32. The summed E-state index contributed by atoms with van der Waals surface area (Å²) in [5.41, 5.74) is 0.735. The molecule has 1 atom stereocenters. The fraction of sp³-hybridized carbons (Fsp3) is 0.308. The zero-order valence-corrected chi connectivity index (χ0v) is 18.7. The van der Waals surface area contributed by atoms with Crippen LogP contribution in [0.1, 0.15) is 19.3 Å². The van der Waals surface area contributed by atoms with Crippen LogP contribution >= 0.6 is 11.8 Å². The standard InChI is InChI=1S/C26H26N2O3S/c29-25(18-32-21-13-12-19-8-2-3-9-20(19)16-21)28-17-24(26(30)27-14-6-1-7-15-27)31-23-11-5-4-10-22(23)28/h2-5,8-13,16,24H,1,6-7,14-15,17-18H2/t24-/m0/s1. The Morgan fingerprint density at radius 3 is 2.50 bits per heavy atom. The highest BCUT2D eigenvalue weighted by atomic mass is 32.2. The molecule has 3 aromatic rings. The number of hydrogen-bond donors (Lipinski definition) is 0. The second kappa shape index (κ2) is 9.25. The topological polar surface area (TPSA) is 49.9 Å². The molecule has 0 saturated carbocycles. The van der Waals surface area contributed by atoms with Crippen LogP contribution in [0, 0.1) is 0 Å². The Hall–Kier alpha value is -2.99. The molecule has 1 saturated heterocycles. The van der Waals surface area contributed by atoms with Gasteiger partial charge in [-0.1, -0.05) is 42.5 Å². The zero-order chi connectivity index (χ0) is 21.9. The van der Waals surface area contributed by atoms with Gasteiger partial charge in [-0.2, -0.15) is 0 Å². The summed E-state index contributed by atoms with van der Waals surface area (Å²) in [6.45, 7) is 1.79. The van der Waals surface area contributed by atoms with E-state index in [9.17, 15) is 9.59 Å². The molecule has 5 nitrogen and oxygen atoms in total. The second-order valence-electron chi connectivity index (χ2n) is 8.26. The molecule has 0 aromatic heterocycles. The Kier molecular flexibility index (Phi) is 6.04. The van der Waals surface area contributed by atoms with E-state index in [1.54, 1.807) is 4.90 Å². The minimum absolute atomic E-state index is 0.0146. The lowest BCUT2D eigenvalue weighted by Crippen LogP contribution is -2.53. The average molecular weight is 447 g/mol. The largest absolute Gasteiger partial charge is 0.476 e. The fourth-order valence-electron chi connectivity index (χ4n) is 4.40. The van der Waals surface area contributed by atoms with Gasteiger partial charge in [-0.15, -0.1) is 11.8 Å². The van der Waals surface area contributed by atoms with Crippen LogP contribution in [0.5, 0.6) is 5.75 Å². The lowest BCUT2D eigenvalue weighted by Gasteiger charge is -2.37. The molecule has 32 heavy (non-hydrogen) atoms. The van der Waals surface area contributed by atoms with E-state index in [0.717, 1.165) is 48.3 Å². The molecule has 0 bridgehead atoms. The molecule has 1 fully saturated rings. The van der Waals surface area contributed by atoms with Crippen LogP contribution in [0.3, 0.4) is 0 Å². The minimum atomic E-state index is -0.655. The van der Waals surface area contributed by atoms with E-state index in [4.69, 9.17) is 4.74 Å².